The summed E-state index contributed by atoms with van der Waals surface area (Å²) in [4.78, 5) is 29.0. The zero-order chi connectivity index (χ0) is 27.5. The molecule has 202 valence electrons. The lowest BCUT2D eigenvalue weighted by atomic mass is 10.0. The summed E-state index contributed by atoms with van der Waals surface area (Å²) in [6.45, 7) is 2.27. The molecule has 0 aliphatic heterocycles. The smallest absolute Gasteiger partial charge is 0.244 e. The van der Waals surface area contributed by atoms with Crippen molar-refractivity contribution in [1.29, 1.82) is 0 Å². The molecule has 0 aromatic heterocycles. The van der Waals surface area contributed by atoms with E-state index in [1.165, 1.54) is 4.90 Å². The lowest BCUT2D eigenvalue weighted by Gasteiger charge is -2.33. The molecule has 0 saturated heterocycles. The number of hydrogen-bond acceptors (Lipinski definition) is 4. The van der Waals surface area contributed by atoms with E-state index in [0.717, 1.165) is 34.5 Å². The quantitative estimate of drug-likeness (QED) is 0.287. The van der Waals surface area contributed by atoms with Gasteiger partial charge in [0.25, 0.3) is 0 Å². The van der Waals surface area contributed by atoms with Crippen LogP contribution in [-0.4, -0.2) is 50.5 Å². The Labute approximate surface area is 234 Å². The largest absolute Gasteiger partial charge is 0.354 e. The Morgan fingerprint density at radius 3 is 2.13 bits per heavy atom. The second-order valence-electron chi connectivity index (χ2n) is 9.11. The zero-order valence-corrected chi connectivity index (χ0v) is 24.1. The van der Waals surface area contributed by atoms with Crippen LogP contribution >= 0.6 is 15.9 Å². The van der Waals surface area contributed by atoms with Gasteiger partial charge in [0.05, 0.1) is 11.9 Å². The fourth-order valence-electron chi connectivity index (χ4n) is 4.09. The van der Waals surface area contributed by atoms with E-state index in [4.69, 9.17) is 0 Å². The number of sulfonamides is 1. The molecule has 7 nitrogen and oxygen atoms in total. The molecule has 3 aromatic carbocycles. The maximum absolute atomic E-state index is 14.0. The third kappa shape index (κ3) is 8.70. The van der Waals surface area contributed by atoms with E-state index in [1.54, 1.807) is 24.3 Å². The number of nitrogens with one attached hydrogen (secondary N) is 1. The van der Waals surface area contributed by atoms with Gasteiger partial charge in [0, 0.05) is 24.0 Å². The number of benzene rings is 3. The van der Waals surface area contributed by atoms with Gasteiger partial charge in [-0.3, -0.25) is 13.9 Å². The normalized spacial score (nSPS) is 12.0. The van der Waals surface area contributed by atoms with Gasteiger partial charge < -0.3 is 10.2 Å². The van der Waals surface area contributed by atoms with Crippen molar-refractivity contribution < 1.29 is 18.0 Å². The molecule has 2 amide bonds. The standard InChI is InChI=1S/C29H34BrN3O4S/c1-3-4-18-31-29(35)27(19-23-12-7-5-8-13-23)32(21-24-14-9-6-10-15-24)28(34)22-33(38(2,36)37)26-17-11-16-25(30)20-26/h5-17,20,27H,3-4,18-19,21-22H2,1-2H3,(H,31,35)/t27-/m0/s1. The Morgan fingerprint density at radius 1 is 0.921 bits per heavy atom. The van der Waals surface area contributed by atoms with Gasteiger partial charge in [-0.1, -0.05) is 96.0 Å². The predicted octanol–water partition coefficient (Wildman–Crippen LogP) is 4.77. The first-order valence-corrected chi connectivity index (χ1v) is 15.2. The number of anilines is 1. The van der Waals surface area contributed by atoms with Crippen LogP contribution in [0.2, 0.25) is 0 Å². The van der Waals surface area contributed by atoms with Crippen LogP contribution in [0.4, 0.5) is 5.69 Å². The number of nitrogens with zero attached hydrogens (tertiary/aromatic N) is 2. The highest BCUT2D eigenvalue weighted by atomic mass is 79.9. The van der Waals surface area contributed by atoms with Gasteiger partial charge >= 0.3 is 0 Å². The first-order chi connectivity index (χ1) is 18.2. The van der Waals surface area contributed by atoms with E-state index in [-0.39, 0.29) is 12.5 Å². The van der Waals surface area contributed by atoms with E-state index >= 15 is 0 Å². The highest BCUT2D eigenvalue weighted by Gasteiger charge is 2.32. The fourth-order valence-corrected chi connectivity index (χ4v) is 5.31. The van der Waals surface area contributed by atoms with Crippen LogP contribution in [0.15, 0.2) is 89.4 Å². The van der Waals surface area contributed by atoms with E-state index in [1.807, 2.05) is 67.6 Å². The van der Waals surface area contributed by atoms with E-state index in [2.05, 4.69) is 21.2 Å². The molecule has 0 heterocycles. The molecule has 1 atom stereocenters. The summed E-state index contributed by atoms with van der Waals surface area (Å²) in [6, 6.07) is 24.9. The molecule has 0 aliphatic carbocycles. The Hall–Kier alpha value is -3.17. The van der Waals surface area contributed by atoms with Crippen molar-refractivity contribution in [1.82, 2.24) is 10.2 Å². The highest BCUT2D eigenvalue weighted by molar-refractivity contribution is 9.10. The molecule has 38 heavy (non-hydrogen) atoms. The molecule has 0 spiro atoms. The molecular weight excluding hydrogens is 566 g/mol. The molecule has 0 unspecified atom stereocenters. The van der Waals surface area contributed by atoms with Crippen molar-refractivity contribution in [3.63, 3.8) is 0 Å². The second kappa shape index (κ2) is 14.1. The SMILES string of the molecule is CCCCNC(=O)[C@H](Cc1ccccc1)N(Cc1ccccc1)C(=O)CN(c1cccc(Br)c1)S(C)(=O)=O. The molecule has 9 heteroatoms. The van der Waals surface area contributed by atoms with Gasteiger partial charge in [0.1, 0.15) is 12.6 Å². The van der Waals surface area contributed by atoms with Crippen LogP contribution in [-0.2, 0) is 32.6 Å². The summed E-state index contributed by atoms with van der Waals surface area (Å²) in [5.74, 6) is -0.731. The van der Waals surface area contributed by atoms with Crippen molar-refractivity contribution in [2.45, 2.75) is 38.8 Å². The summed E-state index contributed by atoms with van der Waals surface area (Å²) < 4.78 is 27.3. The maximum Gasteiger partial charge on any atom is 0.244 e. The number of amides is 2. The van der Waals surface area contributed by atoms with E-state index in [0.29, 0.717) is 23.1 Å². The number of hydrogen-bond donors (Lipinski definition) is 1. The predicted molar refractivity (Wildman–Crippen MR) is 155 cm³/mol. The minimum Gasteiger partial charge on any atom is -0.354 e. The summed E-state index contributed by atoms with van der Waals surface area (Å²) in [5, 5.41) is 2.98. The van der Waals surface area contributed by atoms with Crippen LogP contribution < -0.4 is 9.62 Å². The van der Waals surface area contributed by atoms with Gasteiger partial charge in [-0.05, 0) is 35.7 Å². The van der Waals surface area contributed by atoms with Crippen LogP contribution in [0.3, 0.4) is 0 Å². The van der Waals surface area contributed by atoms with Gasteiger partial charge in [-0.2, -0.15) is 0 Å². The first kappa shape index (κ1) is 29.4. The van der Waals surface area contributed by atoms with Gasteiger partial charge in [-0.15, -0.1) is 0 Å². The number of unbranched alkanes of at least 4 members (excludes halogenated alkanes) is 1. The lowest BCUT2D eigenvalue weighted by Crippen LogP contribution is -2.53. The summed E-state index contributed by atoms with van der Waals surface area (Å²) in [6.07, 6.45) is 3.11. The van der Waals surface area contributed by atoms with Crippen molar-refractivity contribution >= 4 is 43.5 Å². The average Bonchev–Trinajstić information content (AvgIpc) is 2.89. The summed E-state index contributed by atoms with van der Waals surface area (Å²) in [5.41, 5.74) is 2.11. The van der Waals surface area contributed by atoms with Crippen molar-refractivity contribution in [2.24, 2.45) is 0 Å². The summed E-state index contributed by atoms with van der Waals surface area (Å²) >= 11 is 3.38. The monoisotopic (exact) mass is 599 g/mol. The van der Waals surface area contributed by atoms with Crippen molar-refractivity contribution in [3.8, 4) is 0 Å². The zero-order valence-electron chi connectivity index (χ0n) is 21.7. The molecule has 0 bridgehead atoms. The van der Waals surface area contributed by atoms with Gasteiger partial charge in [0.15, 0.2) is 0 Å². The Bertz CT molecular complexity index is 1300. The third-order valence-electron chi connectivity index (χ3n) is 6.07. The van der Waals surface area contributed by atoms with Crippen molar-refractivity contribution in [3.05, 3.63) is 101 Å². The number of halogens is 1. The molecule has 0 fully saturated rings. The third-order valence-corrected chi connectivity index (χ3v) is 7.71. The van der Waals surface area contributed by atoms with Crippen molar-refractivity contribution in [2.75, 3.05) is 23.7 Å². The fraction of sp³-hybridized carbons (Fsp3) is 0.310. The van der Waals surface area contributed by atoms with E-state index in [9.17, 15) is 18.0 Å². The average molecular weight is 601 g/mol. The first-order valence-electron chi connectivity index (χ1n) is 12.6. The van der Waals surface area contributed by atoms with Crippen LogP contribution in [0, 0.1) is 0 Å². The molecule has 0 radical (unpaired) electrons. The molecule has 3 aromatic rings. The number of carbonyl (C=O) groups excluding carboxylic acids is 2. The van der Waals surface area contributed by atoms with Crippen LogP contribution in [0.5, 0.6) is 0 Å². The highest BCUT2D eigenvalue weighted by Crippen LogP contribution is 2.23. The molecule has 1 N–H and O–H groups in total. The Kier molecular flexibility index (Phi) is 10.9. The van der Waals surface area contributed by atoms with Gasteiger partial charge in [0.2, 0.25) is 21.8 Å². The van der Waals surface area contributed by atoms with Crippen LogP contribution in [0.1, 0.15) is 30.9 Å². The molecule has 0 aliphatic rings. The number of carbonyl (C=O) groups is 2. The Morgan fingerprint density at radius 2 is 1.55 bits per heavy atom. The van der Waals surface area contributed by atoms with Gasteiger partial charge in [-0.25, -0.2) is 8.42 Å². The minimum absolute atomic E-state index is 0.161. The topological polar surface area (TPSA) is 86.8 Å². The van der Waals surface area contributed by atoms with Crippen LogP contribution in [0.25, 0.3) is 0 Å². The number of rotatable bonds is 13. The molecule has 3 rings (SSSR count). The summed E-state index contributed by atoms with van der Waals surface area (Å²) in [7, 11) is -3.79. The second-order valence-corrected chi connectivity index (χ2v) is 11.9. The maximum atomic E-state index is 14.0. The minimum atomic E-state index is -3.79. The lowest BCUT2D eigenvalue weighted by molar-refractivity contribution is -0.140. The Balaban J connectivity index is 2.01. The molecular formula is C29H34BrN3O4S. The van der Waals surface area contributed by atoms with E-state index < -0.39 is 28.5 Å². The molecule has 0 saturated carbocycles.